The zero-order valence-electron chi connectivity index (χ0n) is 17.5. The van der Waals surface area contributed by atoms with Crippen LogP contribution in [0.1, 0.15) is 23.1 Å². The Kier molecular flexibility index (Phi) is 6.33. The van der Waals surface area contributed by atoms with E-state index in [9.17, 15) is 24.5 Å². The summed E-state index contributed by atoms with van der Waals surface area (Å²) in [6, 6.07) is 10.0. The van der Waals surface area contributed by atoms with Crippen molar-refractivity contribution in [2.24, 2.45) is 5.92 Å². The number of amides is 2. The molecule has 0 saturated carbocycles. The predicted octanol–water partition coefficient (Wildman–Crippen LogP) is 3.05. The Labute approximate surface area is 179 Å². The Morgan fingerprint density at radius 2 is 1.90 bits per heavy atom. The molecule has 162 valence electrons. The van der Waals surface area contributed by atoms with Gasteiger partial charge < -0.3 is 15.0 Å². The second-order valence-electron chi connectivity index (χ2n) is 7.61. The molecule has 0 radical (unpaired) electrons. The third-order valence-corrected chi connectivity index (χ3v) is 5.14. The van der Waals surface area contributed by atoms with Gasteiger partial charge >= 0.3 is 5.97 Å². The molecule has 3 rings (SSSR count). The van der Waals surface area contributed by atoms with E-state index < -0.39 is 29.3 Å². The number of carbonyl (C=O) groups is 3. The molecule has 1 fully saturated rings. The molecule has 0 spiro atoms. The minimum atomic E-state index is -0.665. The lowest BCUT2D eigenvalue weighted by Gasteiger charge is -2.19. The average Bonchev–Trinajstić information content (AvgIpc) is 3.09. The number of anilines is 2. The molecular formula is C22H23N3O6. The molecule has 31 heavy (non-hydrogen) atoms. The van der Waals surface area contributed by atoms with Gasteiger partial charge in [-0.3, -0.25) is 24.5 Å². The fourth-order valence-corrected chi connectivity index (χ4v) is 3.54. The van der Waals surface area contributed by atoms with Gasteiger partial charge in [0.05, 0.1) is 10.8 Å². The Balaban J connectivity index is 1.56. The normalized spacial score (nSPS) is 15.6. The van der Waals surface area contributed by atoms with E-state index in [0.29, 0.717) is 5.56 Å². The van der Waals surface area contributed by atoms with Gasteiger partial charge in [0.15, 0.2) is 6.61 Å². The molecule has 2 aromatic rings. The van der Waals surface area contributed by atoms with Gasteiger partial charge in [-0.15, -0.1) is 0 Å². The van der Waals surface area contributed by atoms with Crippen LogP contribution in [0.15, 0.2) is 36.4 Å². The summed E-state index contributed by atoms with van der Waals surface area (Å²) in [6.07, 6.45) is 0.0118. The number of hydrogen-bond donors (Lipinski definition) is 1. The highest BCUT2D eigenvalue weighted by Crippen LogP contribution is 2.29. The fourth-order valence-electron chi connectivity index (χ4n) is 3.54. The van der Waals surface area contributed by atoms with E-state index in [0.717, 1.165) is 16.8 Å². The Morgan fingerprint density at radius 1 is 1.16 bits per heavy atom. The molecule has 0 aromatic heterocycles. The van der Waals surface area contributed by atoms with E-state index in [-0.39, 0.29) is 30.2 Å². The SMILES string of the molecule is Cc1ccc(N2C[C@@H](C(=O)OCC(=O)Nc3ccc(C)c([N+](=O)[O-])c3)CC2=O)c(C)c1. The number of esters is 1. The number of ether oxygens (including phenoxy) is 1. The zero-order valence-corrected chi connectivity index (χ0v) is 17.5. The molecule has 9 nitrogen and oxygen atoms in total. The average molecular weight is 425 g/mol. The molecule has 0 bridgehead atoms. The quantitative estimate of drug-likeness (QED) is 0.432. The van der Waals surface area contributed by atoms with Crippen molar-refractivity contribution in [3.05, 3.63) is 63.2 Å². The van der Waals surface area contributed by atoms with Crippen molar-refractivity contribution in [1.82, 2.24) is 0 Å². The molecule has 1 heterocycles. The first-order valence-electron chi connectivity index (χ1n) is 9.75. The van der Waals surface area contributed by atoms with Crippen molar-refractivity contribution in [1.29, 1.82) is 0 Å². The lowest BCUT2D eigenvalue weighted by atomic mass is 10.1. The van der Waals surface area contributed by atoms with Crippen molar-refractivity contribution >= 4 is 34.8 Å². The Morgan fingerprint density at radius 3 is 2.58 bits per heavy atom. The van der Waals surface area contributed by atoms with Crippen molar-refractivity contribution in [2.45, 2.75) is 27.2 Å². The van der Waals surface area contributed by atoms with Crippen molar-refractivity contribution in [3.63, 3.8) is 0 Å². The largest absolute Gasteiger partial charge is 0.455 e. The van der Waals surface area contributed by atoms with Crippen LogP contribution in [-0.4, -0.2) is 35.9 Å². The van der Waals surface area contributed by atoms with Crippen molar-refractivity contribution in [2.75, 3.05) is 23.4 Å². The van der Waals surface area contributed by atoms with Gasteiger partial charge in [-0.05, 0) is 38.5 Å². The summed E-state index contributed by atoms with van der Waals surface area (Å²) in [4.78, 5) is 48.9. The molecule has 2 aromatic carbocycles. The number of benzene rings is 2. The highest BCUT2D eigenvalue weighted by molar-refractivity contribution is 6.00. The molecule has 1 aliphatic heterocycles. The summed E-state index contributed by atoms with van der Waals surface area (Å²) in [5, 5.41) is 13.5. The molecular weight excluding hydrogens is 402 g/mol. The number of nitro groups is 1. The number of nitrogens with zero attached hydrogens (tertiary/aromatic N) is 2. The topological polar surface area (TPSA) is 119 Å². The molecule has 2 amide bonds. The summed E-state index contributed by atoms with van der Waals surface area (Å²) in [5.41, 5.74) is 3.35. The molecule has 1 saturated heterocycles. The smallest absolute Gasteiger partial charge is 0.311 e. The molecule has 0 unspecified atom stereocenters. The third kappa shape index (κ3) is 5.06. The van der Waals surface area contributed by atoms with Crippen LogP contribution >= 0.6 is 0 Å². The van der Waals surface area contributed by atoms with Crippen LogP contribution < -0.4 is 10.2 Å². The highest BCUT2D eigenvalue weighted by Gasteiger charge is 2.36. The fraction of sp³-hybridized carbons (Fsp3) is 0.318. The van der Waals surface area contributed by atoms with Crippen molar-refractivity contribution < 1.29 is 24.0 Å². The van der Waals surface area contributed by atoms with E-state index in [4.69, 9.17) is 4.74 Å². The van der Waals surface area contributed by atoms with Crippen molar-refractivity contribution in [3.8, 4) is 0 Å². The minimum Gasteiger partial charge on any atom is -0.455 e. The number of aryl methyl sites for hydroxylation is 3. The van der Waals surface area contributed by atoms with Gasteiger partial charge in [-0.25, -0.2) is 0 Å². The molecule has 9 heteroatoms. The first-order chi connectivity index (χ1) is 14.7. The van der Waals surface area contributed by atoms with Crippen LogP contribution in [0.5, 0.6) is 0 Å². The third-order valence-electron chi connectivity index (χ3n) is 5.14. The van der Waals surface area contributed by atoms with Crippen LogP contribution in [0.4, 0.5) is 17.1 Å². The van der Waals surface area contributed by atoms with E-state index >= 15 is 0 Å². The maximum atomic E-state index is 12.4. The summed E-state index contributed by atoms with van der Waals surface area (Å²) >= 11 is 0. The van der Waals surface area contributed by atoms with E-state index in [1.54, 1.807) is 11.8 Å². The number of rotatable bonds is 6. The van der Waals surface area contributed by atoms with Crippen LogP contribution in [-0.2, 0) is 19.1 Å². The van der Waals surface area contributed by atoms with Crippen LogP contribution in [0.2, 0.25) is 0 Å². The lowest BCUT2D eigenvalue weighted by molar-refractivity contribution is -0.385. The van der Waals surface area contributed by atoms with Crippen LogP contribution in [0, 0.1) is 36.8 Å². The standard InChI is InChI=1S/C22H23N3O6/c1-13-4-7-18(15(3)8-13)24-11-16(9-21(24)27)22(28)31-12-20(26)23-17-6-5-14(2)19(10-17)25(29)30/h4-8,10,16H,9,11-12H2,1-3H3,(H,23,26)/t16-/m0/s1. The summed E-state index contributed by atoms with van der Waals surface area (Å²) in [7, 11) is 0. The van der Waals surface area contributed by atoms with Gasteiger partial charge in [-0.2, -0.15) is 0 Å². The minimum absolute atomic E-state index is 0.0118. The molecule has 1 N–H and O–H groups in total. The first kappa shape index (κ1) is 21.9. The monoisotopic (exact) mass is 425 g/mol. The number of nitro benzene ring substituents is 1. The predicted molar refractivity (Wildman–Crippen MR) is 114 cm³/mol. The summed E-state index contributed by atoms with van der Waals surface area (Å²) in [5.74, 6) is -2.10. The lowest BCUT2D eigenvalue weighted by Crippen LogP contribution is -2.28. The van der Waals surface area contributed by atoms with Gasteiger partial charge in [0, 0.05) is 36.0 Å². The number of nitrogens with one attached hydrogen (secondary N) is 1. The first-order valence-corrected chi connectivity index (χ1v) is 9.75. The maximum Gasteiger partial charge on any atom is 0.311 e. The van der Waals surface area contributed by atoms with Gasteiger partial charge in [0.25, 0.3) is 11.6 Å². The van der Waals surface area contributed by atoms with Gasteiger partial charge in [0.1, 0.15) is 0 Å². The van der Waals surface area contributed by atoms with E-state index in [2.05, 4.69) is 5.32 Å². The molecule has 1 atom stereocenters. The van der Waals surface area contributed by atoms with Gasteiger partial charge in [-0.1, -0.05) is 23.8 Å². The number of carbonyl (C=O) groups excluding carboxylic acids is 3. The Hall–Kier alpha value is -3.75. The van der Waals surface area contributed by atoms with Crippen LogP contribution in [0.25, 0.3) is 0 Å². The summed E-state index contributed by atoms with van der Waals surface area (Å²) < 4.78 is 5.08. The molecule has 1 aliphatic rings. The highest BCUT2D eigenvalue weighted by atomic mass is 16.6. The second-order valence-corrected chi connectivity index (χ2v) is 7.61. The molecule has 0 aliphatic carbocycles. The number of hydrogen-bond acceptors (Lipinski definition) is 6. The van der Waals surface area contributed by atoms with Crippen LogP contribution in [0.3, 0.4) is 0 Å². The van der Waals surface area contributed by atoms with E-state index in [1.807, 2.05) is 32.0 Å². The maximum absolute atomic E-state index is 12.4. The summed E-state index contributed by atoms with van der Waals surface area (Å²) in [6.45, 7) is 5.10. The van der Waals surface area contributed by atoms with E-state index in [1.165, 1.54) is 18.2 Å². The Bertz CT molecular complexity index is 1070. The second kappa shape index (κ2) is 8.95. The zero-order chi connectivity index (χ0) is 22.7. The van der Waals surface area contributed by atoms with Gasteiger partial charge in [0.2, 0.25) is 5.91 Å².